The maximum atomic E-state index is 12.7. The van der Waals surface area contributed by atoms with Crippen LogP contribution in [0.1, 0.15) is 27.2 Å². The Morgan fingerprint density at radius 2 is 1.91 bits per heavy atom. The lowest BCUT2D eigenvalue weighted by Gasteiger charge is -2.09. The number of carbonyl (C=O) groups is 1. The molecule has 1 N–H and O–H groups in total. The number of hydrogen-bond donors (Lipinski definition) is 1. The second-order valence-electron chi connectivity index (χ2n) is 7.83. The molecule has 0 saturated carbocycles. The highest BCUT2D eigenvalue weighted by Gasteiger charge is 2.08. The molecule has 33 heavy (non-hydrogen) atoms. The third kappa shape index (κ3) is 4.77. The molecule has 3 heterocycles. The third-order valence-corrected chi connectivity index (χ3v) is 5.32. The van der Waals surface area contributed by atoms with E-state index in [-0.39, 0.29) is 5.91 Å². The number of pyridine rings is 1. The summed E-state index contributed by atoms with van der Waals surface area (Å²) in [6.07, 6.45) is 7.59. The van der Waals surface area contributed by atoms with Crippen LogP contribution in [0.4, 0.5) is 5.69 Å². The van der Waals surface area contributed by atoms with Gasteiger partial charge in [-0.05, 0) is 66.6 Å². The Kier molecular flexibility index (Phi) is 5.59. The van der Waals surface area contributed by atoms with Crippen molar-refractivity contribution in [1.29, 1.82) is 0 Å². The van der Waals surface area contributed by atoms with Crippen molar-refractivity contribution in [1.82, 2.24) is 19.2 Å². The molecule has 0 aliphatic carbocycles. The van der Waals surface area contributed by atoms with Crippen molar-refractivity contribution in [2.75, 3.05) is 5.32 Å². The monoisotopic (exact) mass is 437 g/mol. The average molecular weight is 438 g/mol. The predicted molar refractivity (Wildman–Crippen MR) is 126 cm³/mol. The fourth-order valence-corrected chi connectivity index (χ4v) is 3.67. The Labute approximate surface area is 191 Å². The first kappa shape index (κ1) is 20.5. The van der Waals surface area contributed by atoms with E-state index in [4.69, 9.17) is 4.74 Å². The Balaban J connectivity index is 1.20. The van der Waals surface area contributed by atoms with Crippen molar-refractivity contribution in [3.05, 3.63) is 114 Å². The lowest BCUT2D eigenvalue weighted by Crippen LogP contribution is -2.12. The molecule has 0 aliphatic rings. The summed E-state index contributed by atoms with van der Waals surface area (Å²) in [5.74, 6) is 0.509. The van der Waals surface area contributed by atoms with E-state index in [1.807, 2.05) is 77.1 Å². The molecule has 5 aromatic rings. The van der Waals surface area contributed by atoms with Crippen LogP contribution in [0, 0.1) is 6.92 Å². The first-order valence-electron chi connectivity index (χ1n) is 10.7. The molecule has 164 valence electrons. The van der Waals surface area contributed by atoms with E-state index in [9.17, 15) is 4.79 Å². The van der Waals surface area contributed by atoms with Crippen LogP contribution in [-0.4, -0.2) is 25.1 Å². The van der Waals surface area contributed by atoms with Gasteiger partial charge in [-0.2, -0.15) is 5.10 Å². The van der Waals surface area contributed by atoms with Crippen molar-refractivity contribution in [2.24, 2.45) is 0 Å². The molecule has 0 saturated heterocycles. The van der Waals surface area contributed by atoms with E-state index >= 15 is 0 Å². The molecule has 0 radical (unpaired) electrons. The average Bonchev–Trinajstić information content (AvgIpc) is 3.49. The maximum Gasteiger partial charge on any atom is 0.255 e. The summed E-state index contributed by atoms with van der Waals surface area (Å²) in [7, 11) is 0. The molecule has 0 unspecified atom stereocenters. The number of nitrogens with zero attached hydrogens (tertiary/aromatic N) is 4. The van der Waals surface area contributed by atoms with Gasteiger partial charge in [0.2, 0.25) is 0 Å². The van der Waals surface area contributed by atoms with E-state index in [0.29, 0.717) is 24.5 Å². The van der Waals surface area contributed by atoms with Gasteiger partial charge in [-0.25, -0.2) is 4.98 Å². The molecule has 2 aromatic carbocycles. The highest BCUT2D eigenvalue weighted by atomic mass is 16.5. The zero-order valence-corrected chi connectivity index (χ0v) is 18.2. The molecule has 1 amide bonds. The predicted octanol–water partition coefficient (Wildman–Crippen LogP) is 4.72. The fourth-order valence-electron chi connectivity index (χ4n) is 3.67. The van der Waals surface area contributed by atoms with Crippen molar-refractivity contribution in [2.45, 2.75) is 20.1 Å². The van der Waals surface area contributed by atoms with Gasteiger partial charge in [0.05, 0.1) is 12.2 Å². The number of ether oxygens (including phenoxy) is 1. The second-order valence-corrected chi connectivity index (χ2v) is 7.83. The summed E-state index contributed by atoms with van der Waals surface area (Å²) in [5, 5.41) is 7.17. The quantitative estimate of drug-likeness (QED) is 0.400. The number of nitrogens with one attached hydrogen (secondary N) is 1. The largest absolute Gasteiger partial charge is 0.487 e. The number of aromatic nitrogens is 4. The Morgan fingerprint density at radius 3 is 2.70 bits per heavy atom. The molecular weight excluding hydrogens is 414 g/mol. The Bertz CT molecular complexity index is 1390. The topological polar surface area (TPSA) is 73.5 Å². The van der Waals surface area contributed by atoms with Gasteiger partial charge in [-0.1, -0.05) is 18.2 Å². The van der Waals surface area contributed by atoms with Crippen molar-refractivity contribution in [3.63, 3.8) is 0 Å². The second kappa shape index (κ2) is 9.00. The molecule has 0 bridgehead atoms. The van der Waals surface area contributed by atoms with E-state index in [1.54, 1.807) is 30.5 Å². The first-order valence-corrected chi connectivity index (χ1v) is 10.7. The molecule has 5 rings (SSSR count). The van der Waals surface area contributed by atoms with Crippen LogP contribution in [0.2, 0.25) is 0 Å². The Hall–Kier alpha value is -4.39. The van der Waals surface area contributed by atoms with Gasteiger partial charge >= 0.3 is 0 Å². The number of anilines is 1. The lowest BCUT2D eigenvalue weighted by atomic mass is 10.1. The molecule has 0 atom stereocenters. The van der Waals surface area contributed by atoms with Crippen LogP contribution in [0.5, 0.6) is 5.75 Å². The molecule has 0 fully saturated rings. The van der Waals surface area contributed by atoms with Gasteiger partial charge in [0.25, 0.3) is 5.91 Å². The summed E-state index contributed by atoms with van der Waals surface area (Å²) in [4.78, 5) is 17.3. The summed E-state index contributed by atoms with van der Waals surface area (Å²) in [6.45, 7) is 3.04. The molecule has 7 heteroatoms. The number of rotatable bonds is 7. The molecular formula is C26H23N5O2. The maximum absolute atomic E-state index is 12.7. The van der Waals surface area contributed by atoms with Crippen LogP contribution in [0.25, 0.3) is 5.65 Å². The lowest BCUT2D eigenvalue weighted by molar-refractivity contribution is 0.102. The van der Waals surface area contributed by atoms with Gasteiger partial charge < -0.3 is 14.5 Å². The van der Waals surface area contributed by atoms with Crippen molar-refractivity contribution in [3.8, 4) is 5.75 Å². The van der Waals surface area contributed by atoms with Crippen molar-refractivity contribution >= 4 is 17.2 Å². The number of hydrogen-bond acceptors (Lipinski definition) is 4. The van der Waals surface area contributed by atoms with Crippen molar-refractivity contribution < 1.29 is 9.53 Å². The van der Waals surface area contributed by atoms with Gasteiger partial charge in [0.15, 0.2) is 0 Å². The third-order valence-electron chi connectivity index (χ3n) is 5.32. The van der Waals surface area contributed by atoms with Crippen LogP contribution in [0.15, 0.2) is 91.5 Å². The summed E-state index contributed by atoms with van der Waals surface area (Å²) >= 11 is 0. The SMILES string of the molecule is Cc1cccn2cc(COc3ccc(C(=O)Nc4cccc(Cn5cccn5)c4)cc3)nc12. The number of carbonyl (C=O) groups excluding carboxylic acids is 1. The summed E-state index contributed by atoms with van der Waals surface area (Å²) in [6, 6.07) is 20.8. The normalized spacial score (nSPS) is 10.9. The van der Waals surface area contributed by atoms with Gasteiger partial charge in [0, 0.05) is 36.0 Å². The highest BCUT2D eigenvalue weighted by molar-refractivity contribution is 6.04. The minimum absolute atomic E-state index is 0.173. The van der Waals surface area contributed by atoms with Crippen LogP contribution >= 0.6 is 0 Å². The van der Waals surface area contributed by atoms with Gasteiger partial charge in [-0.3, -0.25) is 9.48 Å². The van der Waals surface area contributed by atoms with Crippen LogP contribution in [-0.2, 0) is 13.2 Å². The minimum atomic E-state index is -0.173. The van der Waals surface area contributed by atoms with E-state index in [0.717, 1.165) is 28.2 Å². The highest BCUT2D eigenvalue weighted by Crippen LogP contribution is 2.18. The van der Waals surface area contributed by atoms with Gasteiger partial charge in [0.1, 0.15) is 18.0 Å². The first-order chi connectivity index (χ1) is 16.1. The zero-order valence-electron chi connectivity index (χ0n) is 18.2. The van der Waals surface area contributed by atoms with Gasteiger partial charge in [-0.15, -0.1) is 0 Å². The number of imidazole rings is 1. The van der Waals surface area contributed by atoms with E-state index < -0.39 is 0 Å². The number of benzene rings is 2. The molecule has 0 aliphatic heterocycles. The minimum Gasteiger partial charge on any atom is -0.487 e. The zero-order chi connectivity index (χ0) is 22.6. The molecule has 0 spiro atoms. The number of aryl methyl sites for hydroxylation is 1. The standard InChI is InChI=1S/C26H23N5O2/c1-19-5-3-13-30-17-23(28-25(19)30)18-33-24-10-8-21(9-11-24)26(32)29-22-7-2-6-20(15-22)16-31-14-4-12-27-31/h2-15,17H,16,18H2,1H3,(H,29,32). The summed E-state index contributed by atoms with van der Waals surface area (Å²) < 4.78 is 9.70. The van der Waals surface area contributed by atoms with Crippen LogP contribution in [0.3, 0.4) is 0 Å². The summed E-state index contributed by atoms with van der Waals surface area (Å²) in [5.41, 5.74) is 5.25. The van der Waals surface area contributed by atoms with E-state index in [1.165, 1.54) is 0 Å². The van der Waals surface area contributed by atoms with Crippen LogP contribution < -0.4 is 10.1 Å². The fraction of sp³-hybridized carbons (Fsp3) is 0.115. The smallest absolute Gasteiger partial charge is 0.255 e. The number of fused-ring (bicyclic) bond motifs is 1. The molecule has 3 aromatic heterocycles. The number of amides is 1. The van der Waals surface area contributed by atoms with E-state index in [2.05, 4.69) is 15.4 Å². The molecule has 7 nitrogen and oxygen atoms in total. The Morgan fingerprint density at radius 1 is 1.03 bits per heavy atom.